The Kier molecular flexibility index (Phi) is 3.42. The second kappa shape index (κ2) is 5.65. The first kappa shape index (κ1) is 16.9. The molecule has 0 spiro atoms. The fourth-order valence-electron chi connectivity index (χ4n) is 3.68. The van der Waals surface area contributed by atoms with Gasteiger partial charge in [-0.05, 0) is 60.9 Å². The molecule has 0 aliphatic rings. The zero-order valence-corrected chi connectivity index (χ0v) is 16.8. The van der Waals surface area contributed by atoms with Crippen molar-refractivity contribution >= 4 is 44.4 Å². The Labute approximate surface area is 163 Å². The lowest BCUT2D eigenvalue weighted by atomic mass is 10.1. The predicted molar refractivity (Wildman–Crippen MR) is 113 cm³/mol. The minimum atomic E-state index is -0.0663. The molecule has 0 fully saturated rings. The molecule has 0 saturated heterocycles. The Morgan fingerprint density at radius 3 is 2.43 bits per heavy atom. The zero-order chi connectivity index (χ0) is 19.7. The van der Waals surface area contributed by atoms with Crippen molar-refractivity contribution in [1.82, 2.24) is 18.5 Å². The standard InChI is InChI=1S/C21H18N4O2S/c1-11-7-14-16(8-12(11)2)25-19(26)18(28-20(25)22-14)10-13-5-6-15-17(9-13)24(4)21(27)23(15)3/h5-10H,1-4H3. The number of aromatic nitrogens is 4. The summed E-state index contributed by atoms with van der Waals surface area (Å²) in [6, 6.07) is 9.82. The summed E-state index contributed by atoms with van der Waals surface area (Å²) in [5, 5.41) is 0. The fraction of sp³-hybridized carbons (Fsp3) is 0.190. The molecule has 5 rings (SSSR count). The number of thiazole rings is 1. The molecule has 0 radical (unpaired) electrons. The molecule has 0 aliphatic carbocycles. The normalized spacial score (nSPS) is 12.8. The third-order valence-electron chi connectivity index (χ3n) is 5.45. The van der Waals surface area contributed by atoms with Gasteiger partial charge in [-0.2, -0.15) is 0 Å². The van der Waals surface area contributed by atoms with Crippen molar-refractivity contribution < 1.29 is 0 Å². The zero-order valence-electron chi connectivity index (χ0n) is 16.0. The SMILES string of the molecule is Cc1cc2nc3sc(=Cc4ccc5c(c4)n(C)c(=O)n5C)c(=O)n3c2cc1C. The number of aryl methyl sites for hydroxylation is 4. The first-order valence-electron chi connectivity index (χ1n) is 8.94. The van der Waals surface area contributed by atoms with E-state index < -0.39 is 0 Å². The molecular formula is C21H18N4O2S. The van der Waals surface area contributed by atoms with Crippen LogP contribution in [-0.4, -0.2) is 18.5 Å². The maximum Gasteiger partial charge on any atom is 0.328 e. The quantitative estimate of drug-likeness (QED) is 0.441. The van der Waals surface area contributed by atoms with Gasteiger partial charge in [0.2, 0.25) is 0 Å². The average Bonchev–Trinajstić information content (AvgIpc) is 3.23. The van der Waals surface area contributed by atoms with Crippen molar-refractivity contribution in [3.63, 3.8) is 0 Å². The minimum Gasteiger partial charge on any atom is -0.295 e. The van der Waals surface area contributed by atoms with Crippen LogP contribution in [0.3, 0.4) is 0 Å². The number of benzene rings is 2. The Bertz CT molecular complexity index is 1600. The molecule has 0 N–H and O–H groups in total. The molecule has 7 heteroatoms. The largest absolute Gasteiger partial charge is 0.328 e. The van der Waals surface area contributed by atoms with Crippen LogP contribution in [0, 0.1) is 13.8 Å². The van der Waals surface area contributed by atoms with Gasteiger partial charge in [0.15, 0.2) is 4.96 Å². The summed E-state index contributed by atoms with van der Waals surface area (Å²) in [6.45, 7) is 4.09. The van der Waals surface area contributed by atoms with Gasteiger partial charge in [-0.1, -0.05) is 17.4 Å². The smallest absolute Gasteiger partial charge is 0.295 e. The van der Waals surface area contributed by atoms with Crippen LogP contribution in [0.4, 0.5) is 0 Å². The predicted octanol–water partition coefficient (Wildman–Crippen LogP) is 2.26. The van der Waals surface area contributed by atoms with Crippen LogP contribution in [0.5, 0.6) is 0 Å². The first-order chi connectivity index (χ1) is 13.3. The molecular weight excluding hydrogens is 372 g/mol. The third-order valence-corrected chi connectivity index (χ3v) is 6.42. The second-order valence-corrected chi connectivity index (χ2v) is 8.23. The van der Waals surface area contributed by atoms with Gasteiger partial charge < -0.3 is 0 Å². The van der Waals surface area contributed by atoms with E-state index in [9.17, 15) is 9.59 Å². The van der Waals surface area contributed by atoms with E-state index in [2.05, 4.69) is 4.98 Å². The van der Waals surface area contributed by atoms with Gasteiger partial charge in [-0.25, -0.2) is 14.2 Å². The van der Waals surface area contributed by atoms with Crippen molar-refractivity contribution in [2.75, 3.05) is 0 Å². The van der Waals surface area contributed by atoms with E-state index in [1.54, 1.807) is 27.6 Å². The topological polar surface area (TPSA) is 61.3 Å². The highest BCUT2D eigenvalue weighted by Crippen LogP contribution is 2.21. The van der Waals surface area contributed by atoms with Crippen molar-refractivity contribution in [1.29, 1.82) is 0 Å². The molecule has 0 amide bonds. The molecule has 6 nitrogen and oxygen atoms in total. The van der Waals surface area contributed by atoms with E-state index in [0.717, 1.165) is 33.2 Å². The molecule has 0 saturated carbocycles. The van der Waals surface area contributed by atoms with E-state index in [0.29, 0.717) is 9.49 Å². The van der Waals surface area contributed by atoms with Crippen LogP contribution < -0.4 is 15.8 Å². The highest BCUT2D eigenvalue weighted by Gasteiger charge is 2.13. The van der Waals surface area contributed by atoms with Crippen LogP contribution in [0.1, 0.15) is 16.7 Å². The van der Waals surface area contributed by atoms with E-state index in [1.165, 1.54) is 16.9 Å². The molecule has 0 aliphatic heterocycles. The van der Waals surface area contributed by atoms with Crippen LogP contribution in [0.2, 0.25) is 0 Å². The van der Waals surface area contributed by atoms with E-state index in [4.69, 9.17) is 0 Å². The maximum atomic E-state index is 13.0. The van der Waals surface area contributed by atoms with Gasteiger partial charge in [0.25, 0.3) is 5.56 Å². The van der Waals surface area contributed by atoms with Gasteiger partial charge >= 0.3 is 5.69 Å². The highest BCUT2D eigenvalue weighted by atomic mass is 32.1. The number of hydrogen-bond donors (Lipinski definition) is 0. The first-order valence-corrected chi connectivity index (χ1v) is 9.76. The summed E-state index contributed by atoms with van der Waals surface area (Å²) in [5.74, 6) is 0. The number of fused-ring (bicyclic) bond motifs is 4. The van der Waals surface area contributed by atoms with E-state index in [1.807, 2.05) is 50.3 Å². The Balaban J connectivity index is 1.76. The van der Waals surface area contributed by atoms with Crippen LogP contribution in [0.25, 0.3) is 33.1 Å². The van der Waals surface area contributed by atoms with Gasteiger partial charge in [0.1, 0.15) is 0 Å². The van der Waals surface area contributed by atoms with Crippen molar-refractivity contribution in [3.05, 3.63) is 72.4 Å². The third kappa shape index (κ3) is 2.23. The van der Waals surface area contributed by atoms with Crippen LogP contribution >= 0.6 is 11.3 Å². The summed E-state index contributed by atoms with van der Waals surface area (Å²) in [4.78, 5) is 30.5. The summed E-state index contributed by atoms with van der Waals surface area (Å²) in [7, 11) is 3.51. The van der Waals surface area contributed by atoms with Gasteiger partial charge in [0.05, 0.1) is 26.6 Å². The van der Waals surface area contributed by atoms with Crippen molar-refractivity contribution in [2.24, 2.45) is 14.1 Å². The minimum absolute atomic E-state index is 0.0622. The highest BCUT2D eigenvalue weighted by molar-refractivity contribution is 7.15. The summed E-state index contributed by atoms with van der Waals surface area (Å²) < 4.78 is 5.55. The van der Waals surface area contributed by atoms with Gasteiger partial charge in [-0.3, -0.25) is 13.9 Å². The summed E-state index contributed by atoms with van der Waals surface area (Å²) in [5.41, 5.74) is 6.46. The van der Waals surface area contributed by atoms with Gasteiger partial charge in [-0.15, -0.1) is 0 Å². The molecule has 3 aromatic heterocycles. The van der Waals surface area contributed by atoms with Crippen LogP contribution in [0.15, 0.2) is 39.9 Å². The molecule has 0 bridgehead atoms. The van der Waals surface area contributed by atoms with E-state index >= 15 is 0 Å². The molecule has 28 heavy (non-hydrogen) atoms. The molecule has 2 aromatic carbocycles. The van der Waals surface area contributed by atoms with Gasteiger partial charge in [0, 0.05) is 14.1 Å². The molecule has 3 heterocycles. The summed E-state index contributed by atoms with van der Waals surface area (Å²) in [6.07, 6.45) is 1.87. The molecule has 0 atom stereocenters. The number of nitrogens with zero attached hydrogens (tertiary/aromatic N) is 4. The number of imidazole rings is 2. The number of rotatable bonds is 1. The fourth-order valence-corrected chi connectivity index (χ4v) is 4.67. The van der Waals surface area contributed by atoms with Crippen LogP contribution in [-0.2, 0) is 14.1 Å². The summed E-state index contributed by atoms with van der Waals surface area (Å²) >= 11 is 1.38. The Hall–Kier alpha value is -3.19. The Morgan fingerprint density at radius 2 is 1.64 bits per heavy atom. The lowest BCUT2D eigenvalue weighted by Gasteiger charge is -1.98. The molecule has 5 aromatic rings. The number of hydrogen-bond acceptors (Lipinski definition) is 4. The second-order valence-electron chi connectivity index (χ2n) is 7.22. The monoisotopic (exact) mass is 390 g/mol. The molecule has 0 unspecified atom stereocenters. The van der Waals surface area contributed by atoms with Crippen molar-refractivity contribution in [3.8, 4) is 0 Å². The maximum absolute atomic E-state index is 13.0. The molecule has 140 valence electrons. The van der Waals surface area contributed by atoms with Crippen molar-refractivity contribution in [2.45, 2.75) is 13.8 Å². The van der Waals surface area contributed by atoms with E-state index in [-0.39, 0.29) is 11.2 Å². The lowest BCUT2D eigenvalue weighted by Crippen LogP contribution is -2.22. The average molecular weight is 390 g/mol. The lowest BCUT2D eigenvalue weighted by molar-refractivity contribution is 0.795. The Morgan fingerprint density at radius 1 is 0.929 bits per heavy atom.